The van der Waals surface area contributed by atoms with Gasteiger partial charge in [0.15, 0.2) is 5.16 Å². The Kier molecular flexibility index (Phi) is 7.22. The molecule has 0 radical (unpaired) electrons. The van der Waals surface area contributed by atoms with Crippen molar-refractivity contribution in [3.05, 3.63) is 84.9 Å². The Hall–Kier alpha value is -3.84. The summed E-state index contributed by atoms with van der Waals surface area (Å²) in [5.41, 5.74) is 5.35. The average Bonchev–Trinajstić information content (AvgIpc) is 3.25. The van der Waals surface area contributed by atoms with Crippen LogP contribution in [0, 0.1) is 0 Å². The SMILES string of the molecule is CC(=O)Nc1ccc(NC(=O)CCSc2nc(-c3ccccc3)c(-c3ccccc3)[nH]2)cc1. The van der Waals surface area contributed by atoms with Crippen LogP contribution in [0.5, 0.6) is 0 Å². The van der Waals surface area contributed by atoms with Gasteiger partial charge in [-0.15, -0.1) is 0 Å². The maximum absolute atomic E-state index is 12.4. The molecule has 0 saturated carbocycles. The van der Waals surface area contributed by atoms with Crippen molar-refractivity contribution in [1.82, 2.24) is 9.97 Å². The Bertz CT molecular complexity index is 1170. The zero-order valence-corrected chi connectivity index (χ0v) is 19.0. The van der Waals surface area contributed by atoms with Crippen LogP contribution in [-0.2, 0) is 9.59 Å². The van der Waals surface area contributed by atoms with Gasteiger partial charge in [-0.25, -0.2) is 4.98 Å². The molecular formula is C26H24N4O2S. The highest BCUT2D eigenvalue weighted by Gasteiger charge is 2.14. The predicted octanol–water partition coefficient (Wildman–Crippen LogP) is 5.82. The van der Waals surface area contributed by atoms with E-state index in [4.69, 9.17) is 4.98 Å². The Balaban J connectivity index is 1.39. The number of nitrogens with one attached hydrogen (secondary N) is 3. The van der Waals surface area contributed by atoms with E-state index in [-0.39, 0.29) is 11.8 Å². The number of rotatable bonds is 8. The van der Waals surface area contributed by atoms with Crippen molar-refractivity contribution in [2.75, 3.05) is 16.4 Å². The van der Waals surface area contributed by atoms with Crippen molar-refractivity contribution >= 4 is 35.0 Å². The lowest BCUT2D eigenvalue weighted by atomic mass is 10.1. The van der Waals surface area contributed by atoms with Crippen molar-refractivity contribution in [3.63, 3.8) is 0 Å². The molecule has 0 aliphatic carbocycles. The first-order chi connectivity index (χ1) is 16.1. The van der Waals surface area contributed by atoms with Crippen LogP contribution >= 0.6 is 11.8 Å². The fourth-order valence-corrected chi connectivity index (χ4v) is 4.15. The first-order valence-corrected chi connectivity index (χ1v) is 11.6. The van der Waals surface area contributed by atoms with Crippen LogP contribution in [0.2, 0.25) is 0 Å². The Labute approximate surface area is 196 Å². The average molecular weight is 457 g/mol. The van der Waals surface area contributed by atoms with Gasteiger partial charge < -0.3 is 15.6 Å². The topological polar surface area (TPSA) is 86.9 Å². The second kappa shape index (κ2) is 10.7. The van der Waals surface area contributed by atoms with Crippen molar-refractivity contribution in [1.29, 1.82) is 0 Å². The molecule has 0 atom stereocenters. The van der Waals surface area contributed by atoms with E-state index in [1.54, 1.807) is 24.3 Å². The van der Waals surface area contributed by atoms with E-state index in [1.807, 2.05) is 48.5 Å². The number of thioether (sulfide) groups is 1. The van der Waals surface area contributed by atoms with Gasteiger partial charge in [0.05, 0.1) is 11.4 Å². The van der Waals surface area contributed by atoms with Crippen LogP contribution in [0.1, 0.15) is 13.3 Å². The maximum Gasteiger partial charge on any atom is 0.225 e. The summed E-state index contributed by atoms with van der Waals surface area (Å²) in [4.78, 5) is 31.7. The molecule has 6 nitrogen and oxygen atoms in total. The van der Waals surface area contributed by atoms with Gasteiger partial charge in [0.2, 0.25) is 11.8 Å². The van der Waals surface area contributed by atoms with Crippen LogP contribution in [0.3, 0.4) is 0 Å². The minimum atomic E-state index is -0.132. The lowest BCUT2D eigenvalue weighted by molar-refractivity contribution is -0.116. The Morgan fingerprint density at radius 2 is 1.39 bits per heavy atom. The zero-order valence-electron chi connectivity index (χ0n) is 18.2. The van der Waals surface area contributed by atoms with Crippen LogP contribution in [-0.4, -0.2) is 27.5 Å². The second-order valence-electron chi connectivity index (χ2n) is 7.40. The number of carbonyl (C=O) groups excluding carboxylic acids is 2. The molecule has 3 aromatic carbocycles. The number of imidazole rings is 1. The van der Waals surface area contributed by atoms with Crippen LogP contribution in [0.25, 0.3) is 22.5 Å². The van der Waals surface area contributed by atoms with Gasteiger partial charge in [0, 0.05) is 41.6 Å². The molecule has 0 unspecified atom stereocenters. The second-order valence-corrected chi connectivity index (χ2v) is 8.49. The van der Waals surface area contributed by atoms with E-state index < -0.39 is 0 Å². The molecule has 4 rings (SSSR count). The summed E-state index contributed by atoms with van der Waals surface area (Å²) in [6.07, 6.45) is 0.347. The van der Waals surface area contributed by atoms with Crippen molar-refractivity contribution < 1.29 is 9.59 Å². The lowest BCUT2D eigenvalue weighted by Crippen LogP contribution is -2.12. The summed E-state index contributed by atoms with van der Waals surface area (Å²) in [6, 6.07) is 27.2. The molecule has 0 aliphatic heterocycles. The molecule has 2 amide bonds. The first kappa shape index (κ1) is 22.4. The minimum Gasteiger partial charge on any atom is -0.332 e. The highest BCUT2D eigenvalue weighted by atomic mass is 32.2. The fraction of sp³-hybridized carbons (Fsp3) is 0.115. The number of aromatic nitrogens is 2. The van der Waals surface area contributed by atoms with Crippen molar-refractivity contribution in [2.24, 2.45) is 0 Å². The van der Waals surface area contributed by atoms with Gasteiger partial charge in [-0.3, -0.25) is 9.59 Å². The molecule has 4 aromatic rings. The normalized spacial score (nSPS) is 10.6. The largest absolute Gasteiger partial charge is 0.332 e. The third kappa shape index (κ3) is 6.11. The van der Waals surface area contributed by atoms with E-state index >= 15 is 0 Å². The van der Waals surface area contributed by atoms with Gasteiger partial charge in [-0.05, 0) is 24.3 Å². The smallest absolute Gasteiger partial charge is 0.225 e. The van der Waals surface area contributed by atoms with Gasteiger partial charge in [0.25, 0.3) is 0 Å². The van der Waals surface area contributed by atoms with Crippen LogP contribution in [0.4, 0.5) is 11.4 Å². The number of amides is 2. The van der Waals surface area contributed by atoms with Crippen LogP contribution < -0.4 is 10.6 Å². The third-order valence-electron chi connectivity index (χ3n) is 4.85. The van der Waals surface area contributed by atoms with E-state index in [2.05, 4.69) is 27.8 Å². The van der Waals surface area contributed by atoms with Gasteiger partial charge >= 0.3 is 0 Å². The highest BCUT2D eigenvalue weighted by molar-refractivity contribution is 7.99. The summed E-state index contributed by atoms with van der Waals surface area (Å²) in [6.45, 7) is 1.46. The molecule has 0 aliphatic rings. The molecule has 33 heavy (non-hydrogen) atoms. The van der Waals surface area contributed by atoms with Gasteiger partial charge in [-0.2, -0.15) is 0 Å². The van der Waals surface area contributed by atoms with Crippen LogP contribution in [0.15, 0.2) is 90.1 Å². The van der Waals surface area contributed by atoms with Gasteiger partial charge in [0.1, 0.15) is 0 Å². The maximum atomic E-state index is 12.4. The van der Waals surface area contributed by atoms with Gasteiger partial charge in [-0.1, -0.05) is 72.4 Å². The van der Waals surface area contributed by atoms with E-state index in [0.717, 1.165) is 27.7 Å². The van der Waals surface area contributed by atoms with Crippen molar-refractivity contribution in [2.45, 2.75) is 18.5 Å². The number of carbonyl (C=O) groups is 2. The monoisotopic (exact) mass is 456 g/mol. The van der Waals surface area contributed by atoms with E-state index in [0.29, 0.717) is 23.5 Å². The molecule has 3 N–H and O–H groups in total. The highest BCUT2D eigenvalue weighted by Crippen LogP contribution is 2.32. The molecule has 0 saturated heterocycles. The standard InChI is InChI=1S/C26H24N4O2S/c1-18(31)27-21-12-14-22(15-13-21)28-23(32)16-17-33-26-29-24(19-8-4-2-5-9-19)25(30-26)20-10-6-3-7-11-20/h2-15H,16-17H2,1H3,(H,27,31)(H,28,32)(H,29,30). The molecule has 166 valence electrons. The van der Waals surface area contributed by atoms with Crippen molar-refractivity contribution in [3.8, 4) is 22.5 Å². The number of benzene rings is 3. The summed E-state index contributed by atoms with van der Waals surface area (Å²) < 4.78 is 0. The molecule has 7 heteroatoms. The summed E-state index contributed by atoms with van der Waals surface area (Å²) in [5.74, 6) is 0.381. The zero-order chi connectivity index (χ0) is 23.0. The first-order valence-electron chi connectivity index (χ1n) is 10.6. The Morgan fingerprint density at radius 1 is 0.818 bits per heavy atom. The number of aromatic amines is 1. The fourth-order valence-electron chi connectivity index (χ4n) is 3.34. The lowest BCUT2D eigenvalue weighted by Gasteiger charge is -2.06. The summed E-state index contributed by atoms with van der Waals surface area (Å²) >= 11 is 1.52. The molecule has 1 heterocycles. The van der Waals surface area contributed by atoms with E-state index in [9.17, 15) is 9.59 Å². The Morgan fingerprint density at radius 3 is 2.00 bits per heavy atom. The number of H-pyrrole nitrogens is 1. The number of hydrogen-bond donors (Lipinski definition) is 3. The number of nitrogens with zero attached hydrogens (tertiary/aromatic N) is 1. The predicted molar refractivity (Wildman–Crippen MR) is 134 cm³/mol. The van der Waals surface area contributed by atoms with E-state index in [1.165, 1.54) is 18.7 Å². The molecule has 0 fully saturated rings. The summed E-state index contributed by atoms with van der Waals surface area (Å²) in [7, 11) is 0. The third-order valence-corrected chi connectivity index (χ3v) is 5.72. The number of hydrogen-bond acceptors (Lipinski definition) is 4. The molecule has 0 spiro atoms. The molecular weight excluding hydrogens is 432 g/mol. The molecule has 0 bridgehead atoms. The minimum absolute atomic E-state index is 0.0760. The quantitative estimate of drug-likeness (QED) is 0.292. The summed E-state index contributed by atoms with van der Waals surface area (Å²) in [5, 5.41) is 6.36. The number of anilines is 2. The molecule has 1 aromatic heterocycles.